The lowest BCUT2D eigenvalue weighted by atomic mass is 9.71. The van der Waals surface area contributed by atoms with E-state index in [0.29, 0.717) is 0 Å². The molecule has 1 saturated carbocycles. The molecule has 0 bridgehead atoms. The van der Waals surface area contributed by atoms with E-state index in [2.05, 4.69) is 54.3 Å². The summed E-state index contributed by atoms with van der Waals surface area (Å²) < 4.78 is 0. The Hall–Kier alpha value is -1.64. The maximum atomic E-state index is 11.5. The van der Waals surface area contributed by atoms with Crippen molar-refractivity contribution in [2.24, 2.45) is 5.92 Å². The average Bonchev–Trinajstić information content (AvgIpc) is 2.72. The molecule has 2 atom stereocenters. The Bertz CT molecular complexity index is 708. The SMILES string of the molecule is CC1CN(C2(c3ccccc3)CCCCC2)CCC1(O)c1ccccc1. The molecule has 2 fully saturated rings. The second-order valence-corrected chi connectivity index (χ2v) is 8.35. The highest BCUT2D eigenvalue weighted by Crippen LogP contribution is 2.47. The maximum absolute atomic E-state index is 11.5. The minimum absolute atomic E-state index is 0.159. The van der Waals surface area contributed by atoms with Gasteiger partial charge in [-0.15, -0.1) is 0 Å². The van der Waals surface area contributed by atoms with Crippen LogP contribution >= 0.6 is 0 Å². The summed E-state index contributed by atoms with van der Waals surface area (Å²) in [4.78, 5) is 2.70. The Kier molecular flexibility index (Phi) is 4.90. The van der Waals surface area contributed by atoms with E-state index >= 15 is 0 Å². The number of rotatable bonds is 3. The van der Waals surface area contributed by atoms with Gasteiger partial charge in [0.15, 0.2) is 0 Å². The van der Waals surface area contributed by atoms with Crippen LogP contribution in [0.2, 0.25) is 0 Å². The fourth-order valence-corrected chi connectivity index (χ4v) is 5.34. The molecule has 0 radical (unpaired) electrons. The van der Waals surface area contributed by atoms with Crippen LogP contribution in [0.5, 0.6) is 0 Å². The van der Waals surface area contributed by atoms with E-state index in [1.165, 1.54) is 37.7 Å². The van der Waals surface area contributed by atoms with Gasteiger partial charge >= 0.3 is 0 Å². The molecule has 2 aromatic rings. The van der Waals surface area contributed by atoms with Crippen LogP contribution in [0, 0.1) is 5.92 Å². The van der Waals surface area contributed by atoms with E-state index in [1.807, 2.05) is 18.2 Å². The molecule has 2 aliphatic rings. The van der Waals surface area contributed by atoms with Crippen molar-refractivity contribution in [1.29, 1.82) is 0 Å². The van der Waals surface area contributed by atoms with E-state index < -0.39 is 5.60 Å². The number of piperidine rings is 1. The first-order chi connectivity index (χ1) is 12.7. The lowest BCUT2D eigenvalue weighted by Gasteiger charge is -2.53. The fraction of sp³-hybridized carbons (Fsp3) is 0.500. The van der Waals surface area contributed by atoms with Crippen molar-refractivity contribution in [3.8, 4) is 0 Å². The maximum Gasteiger partial charge on any atom is 0.0946 e. The zero-order valence-corrected chi connectivity index (χ0v) is 15.9. The second-order valence-electron chi connectivity index (χ2n) is 8.35. The molecule has 138 valence electrons. The summed E-state index contributed by atoms with van der Waals surface area (Å²) in [5.41, 5.74) is 2.00. The molecule has 1 heterocycles. The Morgan fingerprint density at radius 2 is 1.38 bits per heavy atom. The summed E-state index contributed by atoms with van der Waals surface area (Å²) in [7, 11) is 0. The Balaban J connectivity index is 1.62. The number of hydrogen-bond acceptors (Lipinski definition) is 2. The van der Waals surface area contributed by atoms with E-state index in [0.717, 1.165) is 25.1 Å². The highest BCUT2D eigenvalue weighted by molar-refractivity contribution is 5.28. The van der Waals surface area contributed by atoms with Gasteiger partial charge in [-0.25, -0.2) is 0 Å². The zero-order chi connectivity index (χ0) is 18.0. The van der Waals surface area contributed by atoms with Gasteiger partial charge in [-0.1, -0.05) is 86.8 Å². The van der Waals surface area contributed by atoms with Gasteiger partial charge in [0.05, 0.1) is 5.60 Å². The molecular weight excluding hydrogens is 318 g/mol. The smallest absolute Gasteiger partial charge is 0.0946 e. The van der Waals surface area contributed by atoms with Crippen LogP contribution in [-0.4, -0.2) is 23.1 Å². The van der Waals surface area contributed by atoms with Gasteiger partial charge in [0.2, 0.25) is 0 Å². The molecule has 0 amide bonds. The molecule has 2 unspecified atom stereocenters. The molecule has 2 aromatic carbocycles. The van der Waals surface area contributed by atoms with Gasteiger partial charge in [0.1, 0.15) is 0 Å². The minimum atomic E-state index is -0.704. The van der Waals surface area contributed by atoms with Crippen LogP contribution in [0.1, 0.15) is 56.6 Å². The molecule has 1 saturated heterocycles. The first-order valence-electron chi connectivity index (χ1n) is 10.2. The summed E-state index contributed by atoms with van der Waals surface area (Å²) in [5.74, 6) is 0.223. The molecular formula is C24H31NO. The Labute approximate surface area is 157 Å². The van der Waals surface area contributed by atoms with Gasteiger partial charge < -0.3 is 5.11 Å². The topological polar surface area (TPSA) is 23.5 Å². The van der Waals surface area contributed by atoms with E-state index in [9.17, 15) is 5.11 Å². The predicted molar refractivity (Wildman–Crippen MR) is 107 cm³/mol. The number of aliphatic hydroxyl groups is 1. The quantitative estimate of drug-likeness (QED) is 0.836. The normalized spacial score (nSPS) is 29.4. The van der Waals surface area contributed by atoms with Crippen molar-refractivity contribution in [3.05, 3.63) is 71.8 Å². The van der Waals surface area contributed by atoms with Gasteiger partial charge in [-0.3, -0.25) is 4.90 Å². The van der Waals surface area contributed by atoms with Gasteiger partial charge in [0, 0.05) is 24.5 Å². The van der Waals surface area contributed by atoms with Crippen molar-refractivity contribution in [2.75, 3.05) is 13.1 Å². The minimum Gasteiger partial charge on any atom is -0.385 e. The number of likely N-dealkylation sites (tertiary alicyclic amines) is 1. The first-order valence-corrected chi connectivity index (χ1v) is 10.2. The van der Waals surface area contributed by atoms with E-state index in [1.54, 1.807) is 0 Å². The van der Waals surface area contributed by atoms with Crippen LogP contribution in [0.25, 0.3) is 0 Å². The second kappa shape index (κ2) is 7.17. The van der Waals surface area contributed by atoms with Crippen LogP contribution in [0.3, 0.4) is 0 Å². The van der Waals surface area contributed by atoms with Gasteiger partial charge in [-0.05, 0) is 30.4 Å². The van der Waals surface area contributed by atoms with E-state index in [4.69, 9.17) is 0 Å². The molecule has 2 heteroatoms. The number of benzene rings is 2. The summed E-state index contributed by atoms with van der Waals surface area (Å²) in [6.07, 6.45) is 7.27. The third-order valence-corrected chi connectivity index (χ3v) is 6.94. The fourth-order valence-electron chi connectivity index (χ4n) is 5.34. The lowest BCUT2D eigenvalue weighted by molar-refractivity contribution is -0.104. The van der Waals surface area contributed by atoms with Crippen LogP contribution in [-0.2, 0) is 11.1 Å². The first kappa shape index (κ1) is 17.8. The molecule has 4 rings (SSSR count). The molecule has 0 spiro atoms. The Morgan fingerprint density at radius 3 is 1.96 bits per heavy atom. The zero-order valence-electron chi connectivity index (χ0n) is 15.9. The lowest BCUT2D eigenvalue weighted by Crippen LogP contribution is -2.57. The number of hydrogen-bond donors (Lipinski definition) is 1. The van der Waals surface area contributed by atoms with Crippen LogP contribution in [0.4, 0.5) is 0 Å². The predicted octanol–water partition coefficient (Wildman–Crippen LogP) is 5.08. The molecule has 1 aliphatic heterocycles. The van der Waals surface area contributed by atoms with Crippen LogP contribution in [0.15, 0.2) is 60.7 Å². The van der Waals surface area contributed by atoms with Crippen molar-refractivity contribution < 1.29 is 5.11 Å². The van der Waals surface area contributed by atoms with Gasteiger partial charge in [0.25, 0.3) is 0 Å². The highest BCUT2D eigenvalue weighted by Gasteiger charge is 2.47. The van der Waals surface area contributed by atoms with Crippen molar-refractivity contribution in [3.63, 3.8) is 0 Å². The molecule has 0 aromatic heterocycles. The van der Waals surface area contributed by atoms with E-state index in [-0.39, 0.29) is 11.5 Å². The van der Waals surface area contributed by atoms with Crippen molar-refractivity contribution in [2.45, 2.75) is 56.6 Å². The van der Waals surface area contributed by atoms with Crippen molar-refractivity contribution in [1.82, 2.24) is 4.90 Å². The molecule has 1 N–H and O–H groups in total. The summed E-state index contributed by atoms with van der Waals surface area (Å²) in [5, 5.41) is 11.5. The largest absolute Gasteiger partial charge is 0.385 e. The molecule has 2 nitrogen and oxygen atoms in total. The molecule has 26 heavy (non-hydrogen) atoms. The standard InChI is InChI=1S/C24H31NO/c1-20-19-25(18-17-24(20,26)22-13-7-3-8-14-22)23(15-9-4-10-16-23)21-11-5-2-6-12-21/h2-3,5-8,11-14,20,26H,4,9-10,15-19H2,1H3. The third-order valence-electron chi connectivity index (χ3n) is 6.94. The van der Waals surface area contributed by atoms with Gasteiger partial charge in [-0.2, -0.15) is 0 Å². The monoisotopic (exact) mass is 349 g/mol. The number of nitrogens with zero attached hydrogens (tertiary/aromatic N) is 1. The van der Waals surface area contributed by atoms with Crippen molar-refractivity contribution >= 4 is 0 Å². The third kappa shape index (κ3) is 3.00. The average molecular weight is 350 g/mol. The Morgan fingerprint density at radius 1 is 0.808 bits per heavy atom. The van der Waals surface area contributed by atoms with Crippen LogP contribution < -0.4 is 0 Å². The molecule has 1 aliphatic carbocycles. The highest BCUT2D eigenvalue weighted by atomic mass is 16.3. The summed E-state index contributed by atoms with van der Waals surface area (Å²) in [6.45, 7) is 4.14. The summed E-state index contributed by atoms with van der Waals surface area (Å²) >= 11 is 0. The summed E-state index contributed by atoms with van der Waals surface area (Å²) in [6, 6.07) is 21.4.